The van der Waals surface area contributed by atoms with Gasteiger partial charge in [-0.2, -0.15) is 5.26 Å². The maximum absolute atomic E-state index is 11.8. The summed E-state index contributed by atoms with van der Waals surface area (Å²) >= 11 is 0. The van der Waals surface area contributed by atoms with Crippen LogP contribution in [0, 0.1) is 11.3 Å². The van der Waals surface area contributed by atoms with Gasteiger partial charge in [-0.15, -0.1) is 0 Å². The van der Waals surface area contributed by atoms with Crippen LogP contribution in [0.2, 0.25) is 0 Å². The van der Waals surface area contributed by atoms with Crippen LogP contribution in [0.25, 0.3) is 10.9 Å². The summed E-state index contributed by atoms with van der Waals surface area (Å²) < 4.78 is 9.14. The Morgan fingerprint density at radius 2 is 2.09 bits per heavy atom. The minimum atomic E-state index is -0.726. The topological polar surface area (TPSA) is 104 Å². The summed E-state index contributed by atoms with van der Waals surface area (Å²) in [6, 6.07) is 7.07. The van der Waals surface area contributed by atoms with Crippen LogP contribution in [0.4, 0.5) is 5.69 Å². The molecule has 0 atom stereocenters. The van der Waals surface area contributed by atoms with E-state index in [9.17, 15) is 9.59 Å². The third-order valence-electron chi connectivity index (χ3n) is 2.94. The number of aromatic amines is 1. The Kier molecular flexibility index (Phi) is 4.44. The molecule has 1 heterocycles. The van der Waals surface area contributed by atoms with E-state index in [1.165, 1.54) is 14.2 Å². The van der Waals surface area contributed by atoms with Gasteiger partial charge in [0.1, 0.15) is 5.70 Å². The molecule has 0 aliphatic rings. The van der Waals surface area contributed by atoms with E-state index < -0.39 is 11.9 Å². The standard InChI is InChI=1S/C15H13N3O4/c1-21-14(19)7-13(15(20)22-2)18-12-6-9(8-16)5-11-10(12)3-4-17-11/h3-7,17-18H,1-2H3/b13-7+. The number of carbonyl (C=O) groups is 2. The Labute approximate surface area is 126 Å². The van der Waals surface area contributed by atoms with Gasteiger partial charge >= 0.3 is 11.9 Å². The number of carbonyl (C=O) groups excluding carboxylic acids is 2. The molecule has 1 aromatic heterocycles. The van der Waals surface area contributed by atoms with Gasteiger partial charge in [0, 0.05) is 22.8 Å². The number of benzene rings is 1. The Hall–Kier alpha value is -3.27. The third-order valence-corrected chi connectivity index (χ3v) is 2.94. The molecule has 2 aromatic rings. The van der Waals surface area contributed by atoms with Gasteiger partial charge in [-0.05, 0) is 18.2 Å². The first-order valence-electron chi connectivity index (χ1n) is 6.25. The van der Waals surface area contributed by atoms with Gasteiger partial charge in [0.25, 0.3) is 0 Å². The molecule has 0 saturated heterocycles. The van der Waals surface area contributed by atoms with E-state index in [0.29, 0.717) is 11.3 Å². The molecule has 2 rings (SSSR count). The Balaban J connectivity index is 2.48. The number of nitriles is 1. The van der Waals surface area contributed by atoms with E-state index in [1.54, 1.807) is 24.4 Å². The molecule has 112 valence electrons. The maximum Gasteiger partial charge on any atom is 0.354 e. The first-order valence-corrected chi connectivity index (χ1v) is 6.25. The maximum atomic E-state index is 11.8. The van der Waals surface area contributed by atoms with Gasteiger partial charge in [-0.3, -0.25) is 0 Å². The number of H-pyrrole nitrogens is 1. The number of aromatic nitrogens is 1. The zero-order valence-electron chi connectivity index (χ0n) is 12.0. The SMILES string of the molecule is COC(=O)/C=C(/Nc1cc(C#N)cc2[nH]ccc12)C(=O)OC. The van der Waals surface area contributed by atoms with E-state index in [0.717, 1.165) is 17.0 Å². The smallest absolute Gasteiger partial charge is 0.354 e. The number of esters is 2. The Bertz CT molecular complexity index is 799. The molecule has 7 nitrogen and oxygen atoms in total. The summed E-state index contributed by atoms with van der Waals surface area (Å²) in [4.78, 5) is 26.1. The molecule has 0 bridgehead atoms. The van der Waals surface area contributed by atoms with Crippen molar-refractivity contribution in [3.8, 4) is 6.07 Å². The number of nitrogens with one attached hydrogen (secondary N) is 2. The van der Waals surface area contributed by atoms with Crippen LogP contribution in [0.15, 0.2) is 36.2 Å². The van der Waals surface area contributed by atoms with E-state index in [1.807, 2.05) is 6.07 Å². The van der Waals surface area contributed by atoms with E-state index in [-0.39, 0.29) is 5.70 Å². The molecule has 0 fully saturated rings. The van der Waals surface area contributed by atoms with Crippen LogP contribution < -0.4 is 5.32 Å². The second-order valence-electron chi connectivity index (χ2n) is 4.27. The fraction of sp³-hybridized carbons (Fsp3) is 0.133. The van der Waals surface area contributed by atoms with Crippen LogP contribution in [0.3, 0.4) is 0 Å². The average Bonchev–Trinajstić information content (AvgIpc) is 3.01. The molecule has 1 aromatic carbocycles. The molecule has 0 aliphatic heterocycles. The summed E-state index contributed by atoms with van der Waals surface area (Å²) in [5.74, 6) is -1.42. The lowest BCUT2D eigenvalue weighted by atomic mass is 10.1. The summed E-state index contributed by atoms with van der Waals surface area (Å²) in [5.41, 5.74) is 1.53. The third kappa shape index (κ3) is 3.07. The lowest BCUT2D eigenvalue weighted by Gasteiger charge is -2.10. The lowest BCUT2D eigenvalue weighted by Crippen LogP contribution is -2.15. The van der Waals surface area contributed by atoms with E-state index in [4.69, 9.17) is 5.26 Å². The number of rotatable bonds is 4. The Morgan fingerprint density at radius 3 is 2.73 bits per heavy atom. The molecule has 0 radical (unpaired) electrons. The fourth-order valence-electron chi connectivity index (χ4n) is 1.91. The van der Waals surface area contributed by atoms with Crippen molar-refractivity contribution >= 4 is 28.5 Å². The molecule has 0 aliphatic carbocycles. The monoisotopic (exact) mass is 299 g/mol. The average molecular weight is 299 g/mol. The number of anilines is 1. The van der Waals surface area contributed by atoms with Crippen LogP contribution in [-0.2, 0) is 19.1 Å². The summed E-state index contributed by atoms with van der Waals surface area (Å²) in [5, 5.41) is 12.6. The van der Waals surface area contributed by atoms with Crippen LogP contribution in [0.1, 0.15) is 5.56 Å². The van der Waals surface area contributed by atoms with Crippen molar-refractivity contribution in [2.45, 2.75) is 0 Å². The van der Waals surface area contributed by atoms with Crippen molar-refractivity contribution in [2.24, 2.45) is 0 Å². The highest BCUT2D eigenvalue weighted by Gasteiger charge is 2.15. The molecule has 2 N–H and O–H groups in total. The van der Waals surface area contributed by atoms with Crippen LogP contribution in [0.5, 0.6) is 0 Å². The fourth-order valence-corrected chi connectivity index (χ4v) is 1.91. The largest absolute Gasteiger partial charge is 0.466 e. The van der Waals surface area contributed by atoms with Crippen LogP contribution >= 0.6 is 0 Å². The van der Waals surface area contributed by atoms with Gasteiger partial charge in [0.2, 0.25) is 0 Å². The summed E-state index contributed by atoms with van der Waals surface area (Å²) in [6.45, 7) is 0. The number of nitrogens with zero attached hydrogens (tertiary/aromatic N) is 1. The second kappa shape index (κ2) is 6.45. The zero-order valence-corrected chi connectivity index (χ0v) is 12.0. The van der Waals surface area contributed by atoms with Crippen molar-refractivity contribution in [2.75, 3.05) is 19.5 Å². The normalized spacial score (nSPS) is 10.9. The highest BCUT2D eigenvalue weighted by molar-refractivity contribution is 6.02. The first-order chi connectivity index (χ1) is 10.6. The van der Waals surface area contributed by atoms with Gasteiger partial charge in [-0.25, -0.2) is 9.59 Å². The van der Waals surface area contributed by atoms with Gasteiger partial charge in [0.05, 0.1) is 31.9 Å². The predicted octanol–water partition coefficient (Wildman–Crippen LogP) is 1.68. The highest BCUT2D eigenvalue weighted by atomic mass is 16.5. The lowest BCUT2D eigenvalue weighted by molar-refractivity contribution is -0.138. The predicted molar refractivity (Wildman–Crippen MR) is 78.8 cm³/mol. The molecule has 0 unspecified atom stereocenters. The quantitative estimate of drug-likeness (QED) is 0.657. The molecule has 22 heavy (non-hydrogen) atoms. The van der Waals surface area contributed by atoms with Gasteiger partial charge in [0.15, 0.2) is 0 Å². The minimum absolute atomic E-state index is 0.0908. The molecule has 0 spiro atoms. The molecule has 0 saturated carbocycles. The second-order valence-corrected chi connectivity index (χ2v) is 4.27. The molecule has 0 amide bonds. The summed E-state index contributed by atoms with van der Waals surface area (Å²) in [6.07, 6.45) is 2.70. The molecular weight excluding hydrogens is 286 g/mol. The van der Waals surface area contributed by atoms with Crippen molar-refractivity contribution in [3.05, 3.63) is 41.7 Å². The number of hydrogen-bond acceptors (Lipinski definition) is 6. The molecule has 7 heteroatoms. The first kappa shape index (κ1) is 15.1. The van der Waals surface area contributed by atoms with E-state index in [2.05, 4.69) is 19.8 Å². The molecular formula is C15H13N3O4. The van der Waals surface area contributed by atoms with Crippen molar-refractivity contribution in [1.29, 1.82) is 5.26 Å². The van der Waals surface area contributed by atoms with Crippen molar-refractivity contribution in [1.82, 2.24) is 4.98 Å². The number of fused-ring (bicyclic) bond motifs is 1. The number of ether oxygens (including phenoxy) is 2. The van der Waals surface area contributed by atoms with Crippen molar-refractivity contribution < 1.29 is 19.1 Å². The van der Waals surface area contributed by atoms with Crippen LogP contribution in [-0.4, -0.2) is 31.1 Å². The highest BCUT2D eigenvalue weighted by Crippen LogP contribution is 2.26. The van der Waals surface area contributed by atoms with Gasteiger partial charge < -0.3 is 19.8 Å². The number of methoxy groups -OCH3 is 2. The summed E-state index contributed by atoms with van der Waals surface area (Å²) in [7, 11) is 2.40. The number of hydrogen-bond donors (Lipinski definition) is 2. The zero-order chi connectivity index (χ0) is 16.1. The minimum Gasteiger partial charge on any atom is -0.466 e. The van der Waals surface area contributed by atoms with Crippen molar-refractivity contribution in [3.63, 3.8) is 0 Å². The van der Waals surface area contributed by atoms with Gasteiger partial charge in [-0.1, -0.05) is 0 Å². The Morgan fingerprint density at radius 1 is 1.32 bits per heavy atom. The van der Waals surface area contributed by atoms with E-state index >= 15 is 0 Å².